The second-order valence-electron chi connectivity index (χ2n) is 6.70. The van der Waals surface area contributed by atoms with E-state index >= 15 is 0 Å². The van der Waals surface area contributed by atoms with E-state index in [-0.39, 0.29) is 0 Å². The number of nitrogens with zero attached hydrogens (tertiary/aromatic N) is 2. The molecule has 4 heteroatoms. The molecule has 0 bridgehead atoms. The topological polar surface area (TPSA) is 35.0 Å². The van der Waals surface area contributed by atoms with Crippen LogP contribution in [0.25, 0.3) is 11.4 Å². The molecule has 1 aromatic carbocycles. The van der Waals surface area contributed by atoms with Crippen molar-refractivity contribution < 1.29 is 4.74 Å². The summed E-state index contributed by atoms with van der Waals surface area (Å²) in [6.45, 7) is 0.889. The summed E-state index contributed by atoms with van der Waals surface area (Å²) in [6, 6.07) is 7.67. The Kier molecular flexibility index (Phi) is 6.22. The van der Waals surface area contributed by atoms with Gasteiger partial charge in [-0.15, -0.1) is 0 Å². The minimum atomic E-state index is 0.614. The fraction of sp³-hybridized carbons (Fsp3) is 0.500. The molecule has 1 aromatic heterocycles. The van der Waals surface area contributed by atoms with Crippen LogP contribution >= 0.6 is 11.6 Å². The smallest absolute Gasteiger partial charge is 0.159 e. The maximum atomic E-state index is 5.93. The van der Waals surface area contributed by atoms with Gasteiger partial charge in [-0.3, -0.25) is 0 Å². The summed E-state index contributed by atoms with van der Waals surface area (Å²) in [5.74, 6) is 2.25. The molecule has 2 aromatic rings. The van der Waals surface area contributed by atoms with Crippen LogP contribution < -0.4 is 0 Å². The first-order chi connectivity index (χ1) is 11.8. The van der Waals surface area contributed by atoms with Crippen molar-refractivity contribution in [2.45, 2.75) is 44.4 Å². The summed E-state index contributed by atoms with van der Waals surface area (Å²) < 4.78 is 5.15. The normalized spacial score (nSPS) is 20.9. The minimum absolute atomic E-state index is 0.614. The van der Waals surface area contributed by atoms with Crippen molar-refractivity contribution in [3.63, 3.8) is 0 Å². The number of ether oxygens (including phenoxy) is 1. The van der Waals surface area contributed by atoms with Crippen molar-refractivity contribution >= 4 is 11.6 Å². The van der Waals surface area contributed by atoms with Gasteiger partial charge in [0.2, 0.25) is 0 Å². The fourth-order valence-electron chi connectivity index (χ4n) is 3.60. The molecule has 3 rings (SSSR count). The van der Waals surface area contributed by atoms with Crippen LogP contribution in [0.15, 0.2) is 36.7 Å². The molecule has 3 nitrogen and oxygen atoms in total. The Morgan fingerprint density at radius 2 is 1.71 bits per heavy atom. The molecule has 0 atom stereocenters. The molecule has 0 amide bonds. The van der Waals surface area contributed by atoms with E-state index in [1.165, 1.54) is 44.1 Å². The molecular formula is C20H25ClN2O. The summed E-state index contributed by atoms with van der Waals surface area (Å²) in [6.07, 6.45) is 11.6. The number of methoxy groups -OCH3 is 1. The lowest BCUT2D eigenvalue weighted by Gasteiger charge is -2.28. The maximum Gasteiger partial charge on any atom is 0.159 e. The van der Waals surface area contributed by atoms with Crippen molar-refractivity contribution in [3.8, 4) is 11.4 Å². The Balaban J connectivity index is 1.56. The third-order valence-electron chi connectivity index (χ3n) is 5.05. The summed E-state index contributed by atoms with van der Waals surface area (Å²) in [7, 11) is 1.78. The van der Waals surface area contributed by atoms with Crippen LogP contribution in [0.3, 0.4) is 0 Å². The lowest BCUT2D eigenvalue weighted by atomic mass is 9.78. The Morgan fingerprint density at radius 1 is 1.04 bits per heavy atom. The van der Waals surface area contributed by atoms with Crippen molar-refractivity contribution in [2.24, 2.45) is 5.92 Å². The van der Waals surface area contributed by atoms with Crippen molar-refractivity contribution in [1.82, 2.24) is 9.97 Å². The standard InChI is InChI=1S/C20H25ClN2O/c1-24-12-2-3-15-4-6-16(7-5-15)18-13-22-20(23-14-18)17-8-10-19(21)11-9-17/h8-11,13-16H,2-7,12H2,1H3/t15-,16-. The SMILES string of the molecule is COCCC[C@H]1CC[C@H](c2cnc(-c3ccc(Cl)cc3)nc2)CC1. The molecule has 0 unspecified atom stereocenters. The Morgan fingerprint density at radius 3 is 2.33 bits per heavy atom. The van der Waals surface area contributed by atoms with E-state index in [0.717, 1.165) is 28.9 Å². The van der Waals surface area contributed by atoms with Crippen LogP contribution in [-0.4, -0.2) is 23.7 Å². The van der Waals surface area contributed by atoms with Crippen LogP contribution in [0.5, 0.6) is 0 Å². The summed E-state index contributed by atoms with van der Waals surface area (Å²) in [4.78, 5) is 9.13. The van der Waals surface area contributed by atoms with Gasteiger partial charge in [-0.05, 0) is 80.2 Å². The van der Waals surface area contributed by atoms with Gasteiger partial charge in [0.1, 0.15) is 0 Å². The molecule has 0 N–H and O–H groups in total. The Bertz CT molecular complexity index is 619. The van der Waals surface area contributed by atoms with E-state index in [0.29, 0.717) is 5.92 Å². The monoisotopic (exact) mass is 344 g/mol. The number of aromatic nitrogens is 2. The Labute approximate surface area is 149 Å². The molecule has 0 saturated heterocycles. The molecule has 128 valence electrons. The van der Waals surface area contributed by atoms with Gasteiger partial charge in [-0.2, -0.15) is 0 Å². The molecule has 1 fully saturated rings. The van der Waals surface area contributed by atoms with E-state index in [1.54, 1.807) is 7.11 Å². The van der Waals surface area contributed by atoms with Crippen molar-refractivity contribution in [3.05, 3.63) is 47.2 Å². The molecule has 0 aliphatic heterocycles. The molecule has 1 saturated carbocycles. The highest BCUT2D eigenvalue weighted by atomic mass is 35.5. The van der Waals surface area contributed by atoms with Crippen molar-refractivity contribution in [1.29, 1.82) is 0 Å². The minimum Gasteiger partial charge on any atom is -0.385 e. The van der Waals surface area contributed by atoms with Crippen molar-refractivity contribution in [2.75, 3.05) is 13.7 Å². The fourth-order valence-corrected chi connectivity index (χ4v) is 3.72. The highest BCUT2D eigenvalue weighted by Gasteiger charge is 2.22. The number of hydrogen-bond donors (Lipinski definition) is 0. The van der Waals surface area contributed by atoms with Crippen LogP contribution in [0.2, 0.25) is 5.02 Å². The van der Waals surface area contributed by atoms with Crippen LogP contribution in [0, 0.1) is 5.92 Å². The molecule has 24 heavy (non-hydrogen) atoms. The van der Waals surface area contributed by atoms with Gasteiger partial charge in [0.15, 0.2) is 5.82 Å². The zero-order chi connectivity index (χ0) is 16.8. The summed E-state index contributed by atoms with van der Waals surface area (Å²) in [5, 5.41) is 0.734. The average molecular weight is 345 g/mol. The third kappa shape index (κ3) is 4.55. The van der Waals surface area contributed by atoms with Gasteiger partial charge in [0.05, 0.1) is 0 Å². The Hall–Kier alpha value is -1.45. The van der Waals surface area contributed by atoms with Gasteiger partial charge in [0, 0.05) is 36.7 Å². The lowest BCUT2D eigenvalue weighted by Crippen LogP contribution is -2.14. The van der Waals surface area contributed by atoms with Crippen LogP contribution in [-0.2, 0) is 4.74 Å². The van der Waals surface area contributed by atoms with Crippen LogP contribution in [0.1, 0.15) is 50.0 Å². The number of hydrogen-bond acceptors (Lipinski definition) is 3. The molecular weight excluding hydrogens is 320 g/mol. The molecule has 1 heterocycles. The highest BCUT2D eigenvalue weighted by Crippen LogP contribution is 2.37. The second kappa shape index (κ2) is 8.59. The highest BCUT2D eigenvalue weighted by molar-refractivity contribution is 6.30. The van der Waals surface area contributed by atoms with Crippen LogP contribution in [0.4, 0.5) is 0 Å². The van der Waals surface area contributed by atoms with Gasteiger partial charge >= 0.3 is 0 Å². The molecule has 0 spiro atoms. The number of halogens is 1. The lowest BCUT2D eigenvalue weighted by molar-refractivity contribution is 0.180. The van der Waals surface area contributed by atoms with E-state index in [2.05, 4.69) is 9.97 Å². The predicted molar refractivity (Wildman–Crippen MR) is 98.3 cm³/mol. The number of rotatable bonds is 6. The molecule has 1 aliphatic rings. The predicted octanol–water partition coefficient (Wildman–Crippen LogP) is 5.50. The largest absolute Gasteiger partial charge is 0.385 e. The first kappa shape index (κ1) is 17.4. The average Bonchev–Trinajstić information content (AvgIpc) is 2.63. The zero-order valence-corrected chi connectivity index (χ0v) is 15.0. The van der Waals surface area contributed by atoms with E-state index in [4.69, 9.17) is 16.3 Å². The second-order valence-corrected chi connectivity index (χ2v) is 7.14. The number of benzene rings is 1. The van der Waals surface area contributed by atoms with Gasteiger partial charge in [0.25, 0.3) is 0 Å². The maximum absolute atomic E-state index is 5.93. The van der Waals surface area contributed by atoms with E-state index < -0.39 is 0 Å². The zero-order valence-electron chi connectivity index (χ0n) is 14.2. The van der Waals surface area contributed by atoms with Gasteiger partial charge in [-0.25, -0.2) is 9.97 Å². The summed E-state index contributed by atoms with van der Waals surface area (Å²) >= 11 is 5.93. The molecule has 0 radical (unpaired) electrons. The van der Waals surface area contributed by atoms with E-state index in [9.17, 15) is 0 Å². The van der Waals surface area contributed by atoms with E-state index in [1.807, 2.05) is 36.7 Å². The molecule has 1 aliphatic carbocycles. The summed E-state index contributed by atoms with van der Waals surface area (Å²) in [5.41, 5.74) is 2.29. The third-order valence-corrected chi connectivity index (χ3v) is 5.31. The van der Waals surface area contributed by atoms with Gasteiger partial charge in [-0.1, -0.05) is 11.6 Å². The van der Waals surface area contributed by atoms with Gasteiger partial charge < -0.3 is 4.74 Å². The first-order valence-electron chi connectivity index (χ1n) is 8.83. The first-order valence-corrected chi connectivity index (χ1v) is 9.21. The quantitative estimate of drug-likeness (QED) is 0.649.